The number of hydrogen-bond donors (Lipinski definition) is 2. The second-order valence-electron chi connectivity index (χ2n) is 8.68. The first-order valence-corrected chi connectivity index (χ1v) is 10.7. The van der Waals surface area contributed by atoms with Gasteiger partial charge in [-0.05, 0) is 57.8 Å². The second-order valence-corrected chi connectivity index (χ2v) is 8.68. The van der Waals surface area contributed by atoms with E-state index < -0.39 is 0 Å². The number of likely N-dealkylation sites (N-methyl/N-ethyl adjacent to an activating group) is 1. The highest BCUT2D eigenvalue weighted by Crippen LogP contribution is 2.42. The molecule has 0 saturated carbocycles. The number of aromatic amines is 1. The molecule has 4 heterocycles. The van der Waals surface area contributed by atoms with Gasteiger partial charge in [-0.3, -0.25) is 14.4 Å². The monoisotopic (exact) mass is 399 g/mol. The van der Waals surface area contributed by atoms with Gasteiger partial charge in [-0.1, -0.05) is 0 Å². The summed E-state index contributed by atoms with van der Waals surface area (Å²) in [6.45, 7) is 4.44. The van der Waals surface area contributed by atoms with Crippen molar-refractivity contribution < 1.29 is 4.79 Å². The third-order valence-corrected chi connectivity index (χ3v) is 6.62. The summed E-state index contributed by atoms with van der Waals surface area (Å²) in [4.78, 5) is 25.9. The van der Waals surface area contributed by atoms with Gasteiger partial charge in [0.1, 0.15) is 5.82 Å². The van der Waals surface area contributed by atoms with Crippen LogP contribution in [-0.2, 0) is 24.8 Å². The van der Waals surface area contributed by atoms with Gasteiger partial charge in [0, 0.05) is 44.8 Å². The van der Waals surface area contributed by atoms with Crippen LogP contribution >= 0.6 is 0 Å². The molecule has 29 heavy (non-hydrogen) atoms. The van der Waals surface area contributed by atoms with Gasteiger partial charge < -0.3 is 15.2 Å². The molecule has 0 bridgehead atoms. The molecule has 0 radical (unpaired) electrons. The largest absolute Gasteiger partial charge is 0.356 e. The van der Waals surface area contributed by atoms with E-state index in [1.165, 1.54) is 5.56 Å². The Balaban J connectivity index is 1.40. The highest BCUT2D eigenvalue weighted by atomic mass is 16.2. The first kappa shape index (κ1) is 20.1. The van der Waals surface area contributed by atoms with E-state index in [-0.39, 0.29) is 17.4 Å². The molecule has 2 atom stereocenters. The van der Waals surface area contributed by atoms with Gasteiger partial charge in [-0.25, -0.2) is 4.98 Å². The van der Waals surface area contributed by atoms with Crippen molar-refractivity contribution in [3.63, 3.8) is 0 Å². The van der Waals surface area contributed by atoms with E-state index in [1.807, 2.05) is 30.3 Å². The maximum atomic E-state index is 13.4. The normalized spacial score (nSPS) is 25.7. The van der Waals surface area contributed by atoms with Crippen LogP contribution in [0.1, 0.15) is 37.1 Å². The Bertz CT molecular complexity index is 802. The van der Waals surface area contributed by atoms with E-state index in [9.17, 15) is 4.79 Å². The maximum Gasteiger partial charge on any atom is 0.227 e. The number of amides is 1. The van der Waals surface area contributed by atoms with Gasteiger partial charge in [0.25, 0.3) is 0 Å². The average Bonchev–Trinajstić information content (AvgIpc) is 3.37. The molecule has 158 valence electrons. The van der Waals surface area contributed by atoms with Crippen LogP contribution in [0.3, 0.4) is 0 Å². The van der Waals surface area contributed by atoms with E-state index in [0.29, 0.717) is 0 Å². The van der Waals surface area contributed by atoms with E-state index in [4.69, 9.17) is 0 Å². The van der Waals surface area contributed by atoms with Crippen molar-refractivity contribution >= 4 is 5.91 Å². The molecular weight excluding hydrogens is 366 g/mol. The Morgan fingerprint density at radius 3 is 3.00 bits per heavy atom. The molecule has 8 heteroatoms. The minimum absolute atomic E-state index is 0.235. The standard InChI is InChI=1S/C21H33N7O/c1-26-12-7-21(20(29)24-8-3-5-17-13-25-27(2)14-17)6-4-11-28(18(21)15-26)16-19-22-9-10-23-19/h9-10,13-14,18H,3-8,11-12,15-16H2,1-2H3,(H,22,23)(H,24,29)/t18-,21+/m0/s1. The number of H-pyrrole nitrogens is 1. The lowest BCUT2D eigenvalue weighted by Crippen LogP contribution is -2.65. The Morgan fingerprint density at radius 2 is 2.24 bits per heavy atom. The molecule has 0 unspecified atom stereocenters. The molecule has 0 spiro atoms. The highest BCUT2D eigenvalue weighted by Gasteiger charge is 2.52. The first-order chi connectivity index (χ1) is 14.1. The fraction of sp³-hybridized carbons (Fsp3) is 0.667. The summed E-state index contributed by atoms with van der Waals surface area (Å²) in [6, 6.07) is 0.235. The topological polar surface area (TPSA) is 82.1 Å². The molecule has 2 aromatic rings. The summed E-state index contributed by atoms with van der Waals surface area (Å²) in [5.41, 5.74) is 0.936. The molecule has 8 nitrogen and oxygen atoms in total. The fourth-order valence-corrected chi connectivity index (χ4v) is 5.04. The molecule has 2 N–H and O–H groups in total. The molecule has 2 aliphatic heterocycles. The van der Waals surface area contributed by atoms with Gasteiger partial charge in [-0.15, -0.1) is 0 Å². The van der Waals surface area contributed by atoms with Gasteiger partial charge in [0.2, 0.25) is 5.91 Å². The predicted molar refractivity (Wildman–Crippen MR) is 111 cm³/mol. The Labute approximate surface area is 172 Å². The quantitative estimate of drug-likeness (QED) is 0.683. The van der Waals surface area contributed by atoms with E-state index in [0.717, 1.165) is 70.7 Å². The van der Waals surface area contributed by atoms with Crippen LogP contribution in [0.15, 0.2) is 24.8 Å². The van der Waals surface area contributed by atoms with Crippen LogP contribution in [0.2, 0.25) is 0 Å². The number of rotatable bonds is 7. The van der Waals surface area contributed by atoms with Gasteiger partial charge in [-0.2, -0.15) is 5.10 Å². The summed E-state index contributed by atoms with van der Waals surface area (Å²) < 4.78 is 1.83. The van der Waals surface area contributed by atoms with Crippen LogP contribution in [-0.4, -0.2) is 74.7 Å². The van der Waals surface area contributed by atoms with Crippen molar-refractivity contribution in [2.24, 2.45) is 12.5 Å². The van der Waals surface area contributed by atoms with Crippen LogP contribution in [0.5, 0.6) is 0 Å². The zero-order valence-corrected chi connectivity index (χ0v) is 17.6. The minimum Gasteiger partial charge on any atom is -0.356 e. The Kier molecular flexibility index (Phi) is 6.01. The maximum absolute atomic E-state index is 13.4. The molecule has 1 amide bonds. The summed E-state index contributed by atoms with van der Waals surface area (Å²) >= 11 is 0. The lowest BCUT2D eigenvalue weighted by molar-refractivity contribution is -0.145. The number of fused-ring (bicyclic) bond motifs is 1. The van der Waals surface area contributed by atoms with E-state index >= 15 is 0 Å². The van der Waals surface area contributed by atoms with Crippen molar-refractivity contribution in [3.05, 3.63) is 36.2 Å². The number of nitrogens with zero attached hydrogens (tertiary/aromatic N) is 5. The second kappa shape index (κ2) is 8.67. The van der Waals surface area contributed by atoms with Crippen LogP contribution in [0.25, 0.3) is 0 Å². The molecule has 2 saturated heterocycles. The van der Waals surface area contributed by atoms with Crippen LogP contribution in [0.4, 0.5) is 0 Å². The highest BCUT2D eigenvalue weighted by molar-refractivity contribution is 5.83. The summed E-state index contributed by atoms with van der Waals surface area (Å²) in [5.74, 6) is 1.22. The lowest BCUT2D eigenvalue weighted by atomic mass is 9.67. The molecule has 2 fully saturated rings. The molecular formula is C21H33N7O. The number of aromatic nitrogens is 4. The summed E-state index contributed by atoms with van der Waals surface area (Å²) in [7, 11) is 4.09. The summed E-state index contributed by atoms with van der Waals surface area (Å²) in [5, 5.41) is 7.49. The van der Waals surface area contributed by atoms with Gasteiger partial charge in [0.15, 0.2) is 0 Å². The Hall–Kier alpha value is -2.19. The first-order valence-electron chi connectivity index (χ1n) is 10.7. The molecule has 2 aliphatic rings. The zero-order chi connectivity index (χ0) is 20.3. The number of aryl methyl sites for hydroxylation is 2. The SMILES string of the molecule is CN1CC[C@]2(C(=O)NCCCc3cnn(C)c3)CCCN(Cc3ncc[nH]3)[C@H]2C1. The van der Waals surface area contributed by atoms with Crippen molar-refractivity contribution in [1.29, 1.82) is 0 Å². The lowest BCUT2D eigenvalue weighted by Gasteiger charge is -2.53. The van der Waals surface area contributed by atoms with E-state index in [2.05, 4.69) is 37.2 Å². The third kappa shape index (κ3) is 4.38. The minimum atomic E-state index is -0.286. The molecule has 0 aromatic carbocycles. The van der Waals surface area contributed by atoms with Crippen LogP contribution in [0, 0.1) is 5.41 Å². The number of carbonyl (C=O) groups excluding carboxylic acids is 1. The third-order valence-electron chi connectivity index (χ3n) is 6.62. The number of likely N-dealkylation sites (tertiary alicyclic amines) is 2. The van der Waals surface area contributed by atoms with Crippen LogP contribution < -0.4 is 5.32 Å². The van der Waals surface area contributed by atoms with Crippen molar-refractivity contribution in [2.45, 2.75) is 44.7 Å². The number of imidazole rings is 1. The molecule has 2 aromatic heterocycles. The number of piperidine rings is 2. The number of hydrogen-bond acceptors (Lipinski definition) is 5. The predicted octanol–water partition coefficient (Wildman–Crippen LogP) is 1.18. The van der Waals surface area contributed by atoms with Crippen molar-refractivity contribution in [1.82, 2.24) is 34.9 Å². The van der Waals surface area contributed by atoms with Crippen molar-refractivity contribution in [2.75, 3.05) is 33.2 Å². The number of carbonyl (C=O) groups is 1. The smallest absolute Gasteiger partial charge is 0.227 e. The summed E-state index contributed by atoms with van der Waals surface area (Å²) in [6.07, 6.45) is 12.5. The average molecular weight is 400 g/mol. The fourth-order valence-electron chi connectivity index (χ4n) is 5.04. The van der Waals surface area contributed by atoms with Gasteiger partial charge >= 0.3 is 0 Å². The molecule has 0 aliphatic carbocycles. The molecule has 4 rings (SSSR count). The van der Waals surface area contributed by atoms with Crippen molar-refractivity contribution in [3.8, 4) is 0 Å². The van der Waals surface area contributed by atoms with E-state index in [1.54, 1.807) is 6.20 Å². The Morgan fingerprint density at radius 1 is 1.34 bits per heavy atom. The van der Waals surface area contributed by atoms with Gasteiger partial charge in [0.05, 0.1) is 18.2 Å². The number of nitrogens with one attached hydrogen (secondary N) is 2. The zero-order valence-electron chi connectivity index (χ0n) is 17.6.